The largest absolute Gasteiger partial charge is 0.389 e. The topological polar surface area (TPSA) is 48.0 Å². The van der Waals surface area contributed by atoms with Crippen molar-refractivity contribution in [2.24, 2.45) is 5.73 Å². The summed E-state index contributed by atoms with van der Waals surface area (Å²) in [5, 5.41) is 0.941. The lowest BCUT2D eigenvalue weighted by atomic mass is 10.2. The van der Waals surface area contributed by atoms with Crippen molar-refractivity contribution in [2.45, 2.75) is 13.5 Å². The Kier molecular flexibility index (Phi) is 4.48. The van der Waals surface area contributed by atoms with Gasteiger partial charge in [0.2, 0.25) is 0 Å². The van der Waals surface area contributed by atoms with Crippen LogP contribution in [-0.4, -0.2) is 9.56 Å². The predicted octanol–water partition coefficient (Wildman–Crippen LogP) is 3.15. The minimum atomic E-state index is -0.205. The van der Waals surface area contributed by atoms with Crippen LogP contribution < -0.4 is 11.3 Å². The summed E-state index contributed by atoms with van der Waals surface area (Å²) in [7, 11) is 0. The van der Waals surface area contributed by atoms with Crippen molar-refractivity contribution in [1.82, 2.24) is 4.57 Å². The summed E-state index contributed by atoms with van der Waals surface area (Å²) in [5.74, 6) is 0. The predicted molar refractivity (Wildman–Crippen MR) is 86.9 cm³/mol. The summed E-state index contributed by atoms with van der Waals surface area (Å²) in [5.41, 5.74) is 7.38. The molecule has 1 heterocycles. The lowest BCUT2D eigenvalue weighted by Crippen LogP contribution is -2.30. The molecule has 0 atom stereocenters. The third-order valence-electron chi connectivity index (χ3n) is 2.98. The average molecular weight is 327 g/mol. The van der Waals surface area contributed by atoms with Gasteiger partial charge in [-0.1, -0.05) is 41.5 Å². The molecule has 0 unspecified atom stereocenters. The van der Waals surface area contributed by atoms with E-state index < -0.39 is 0 Å². The molecule has 3 nitrogen and oxygen atoms in total. The fourth-order valence-corrected chi connectivity index (χ4v) is 2.35. The number of pyridine rings is 1. The molecule has 0 aliphatic carbocycles. The third-order valence-corrected chi connectivity index (χ3v) is 3.94. The summed E-state index contributed by atoms with van der Waals surface area (Å²) in [4.78, 5) is 12.4. The van der Waals surface area contributed by atoms with E-state index in [1.165, 1.54) is 0 Å². The lowest BCUT2D eigenvalue weighted by Gasteiger charge is -2.12. The van der Waals surface area contributed by atoms with Gasteiger partial charge in [-0.25, -0.2) is 0 Å². The minimum Gasteiger partial charge on any atom is -0.389 e. The Balaban J connectivity index is 2.48. The van der Waals surface area contributed by atoms with Crippen molar-refractivity contribution in [3.63, 3.8) is 0 Å². The zero-order valence-electron chi connectivity index (χ0n) is 10.7. The first-order valence-corrected chi connectivity index (χ1v) is 7.00. The quantitative estimate of drug-likeness (QED) is 0.881. The Morgan fingerprint density at radius 2 is 1.95 bits per heavy atom. The Morgan fingerprint density at radius 1 is 1.25 bits per heavy atom. The zero-order chi connectivity index (χ0) is 14.9. The van der Waals surface area contributed by atoms with Crippen LogP contribution in [0.2, 0.25) is 10.0 Å². The van der Waals surface area contributed by atoms with E-state index in [0.717, 1.165) is 11.3 Å². The molecule has 6 heteroatoms. The highest BCUT2D eigenvalue weighted by atomic mass is 35.5. The van der Waals surface area contributed by atoms with Gasteiger partial charge in [0.05, 0.1) is 22.2 Å². The zero-order valence-corrected chi connectivity index (χ0v) is 13.0. The van der Waals surface area contributed by atoms with Crippen molar-refractivity contribution in [3.8, 4) is 0 Å². The Morgan fingerprint density at radius 3 is 2.55 bits per heavy atom. The van der Waals surface area contributed by atoms with E-state index in [2.05, 4.69) is 0 Å². The summed E-state index contributed by atoms with van der Waals surface area (Å²) in [6.07, 6.45) is 0. The number of nitrogens with zero attached hydrogens (tertiary/aromatic N) is 1. The third kappa shape index (κ3) is 3.03. The smallest absolute Gasteiger partial charge is 0.261 e. The van der Waals surface area contributed by atoms with Crippen molar-refractivity contribution in [2.75, 3.05) is 0 Å². The van der Waals surface area contributed by atoms with Gasteiger partial charge in [-0.3, -0.25) is 4.79 Å². The van der Waals surface area contributed by atoms with Crippen molar-refractivity contribution in [3.05, 3.63) is 67.6 Å². The van der Waals surface area contributed by atoms with Crippen LogP contribution in [0.1, 0.15) is 16.8 Å². The molecule has 0 saturated heterocycles. The molecule has 0 spiro atoms. The van der Waals surface area contributed by atoms with Crippen LogP contribution in [0.15, 0.2) is 35.1 Å². The normalized spacial score (nSPS) is 10.6. The summed E-state index contributed by atoms with van der Waals surface area (Å²) in [6.45, 7) is 2.24. The van der Waals surface area contributed by atoms with Crippen LogP contribution in [0.4, 0.5) is 0 Å². The number of hydrogen-bond donors (Lipinski definition) is 1. The number of aryl methyl sites for hydroxylation is 1. The van der Waals surface area contributed by atoms with E-state index in [0.29, 0.717) is 22.2 Å². The molecule has 0 saturated carbocycles. The van der Waals surface area contributed by atoms with Crippen molar-refractivity contribution >= 4 is 40.4 Å². The highest BCUT2D eigenvalue weighted by Gasteiger charge is 2.09. The number of aromatic nitrogens is 1. The van der Waals surface area contributed by atoms with Gasteiger partial charge >= 0.3 is 0 Å². The molecule has 2 aromatic rings. The Labute approximate surface area is 131 Å². The maximum atomic E-state index is 12.3. The van der Waals surface area contributed by atoms with Crippen molar-refractivity contribution < 1.29 is 0 Å². The van der Waals surface area contributed by atoms with Crippen LogP contribution in [0, 0.1) is 6.92 Å². The number of halogens is 2. The second-order valence-corrected chi connectivity index (χ2v) is 5.65. The van der Waals surface area contributed by atoms with Crippen LogP contribution in [0.3, 0.4) is 0 Å². The van der Waals surface area contributed by atoms with E-state index in [1.807, 2.05) is 19.1 Å². The van der Waals surface area contributed by atoms with E-state index in [1.54, 1.807) is 22.8 Å². The average Bonchev–Trinajstić information content (AvgIpc) is 2.38. The molecule has 1 aromatic heterocycles. The number of hydrogen-bond acceptors (Lipinski definition) is 2. The van der Waals surface area contributed by atoms with Gasteiger partial charge in [-0.05, 0) is 36.8 Å². The second-order valence-electron chi connectivity index (χ2n) is 4.39. The number of thiocarbonyl (C=S) groups is 1. The number of rotatable bonds is 3. The molecule has 20 heavy (non-hydrogen) atoms. The fraction of sp³-hybridized carbons (Fsp3) is 0.143. The maximum Gasteiger partial charge on any atom is 0.261 e. The van der Waals surface area contributed by atoms with Gasteiger partial charge < -0.3 is 10.3 Å². The molecule has 104 valence electrons. The molecule has 0 radical (unpaired) electrons. The molecule has 0 bridgehead atoms. The maximum absolute atomic E-state index is 12.3. The Bertz CT molecular complexity index is 740. The van der Waals surface area contributed by atoms with Crippen molar-refractivity contribution in [1.29, 1.82) is 0 Å². The van der Waals surface area contributed by atoms with Crippen LogP contribution >= 0.6 is 35.4 Å². The van der Waals surface area contributed by atoms with Gasteiger partial charge in [-0.2, -0.15) is 0 Å². The molecule has 0 amide bonds. The summed E-state index contributed by atoms with van der Waals surface area (Å²) in [6, 6.07) is 8.73. The van der Waals surface area contributed by atoms with Gasteiger partial charge in [0, 0.05) is 5.69 Å². The highest BCUT2D eigenvalue weighted by Crippen LogP contribution is 2.23. The molecular formula is C14H12Cl2N2OS. The summed E-state index contributed by atoms with van der Waals surface area (Å²) < 4.78 is 1.61. The molecule has 0 aliphatic heterocycles. The molecule has 2 rings (SSSR count). The first kappa shape index (κ1) is 15.0. The van der Waals surface area contributed by atoms with Gasteiger partial charge in [0.15, 0.2) is 0 Å². The van der Waals surface area contributed by atoms with Gasteiger partial charge in [-0.15, -0.1) is 0 Å². The molecular weight excluding hydrogens is 315 g/mol. The number of nitrogens with two attached hydrogens (primary N) is 1. The van der Waals surface area contributed by atoms with Crippen LogP contribution in [-0.2, 0) is 6.54 Å². The molecule has 1 aromatic carbocycles. The van der Waals surface area contributed by atoms with E-state index in [9.17, 15) is 4.79 Å². The molecule has 0 aliphatic rings. The Hall–Kier alpha value is -1.36. The first-order chi connectivity index (χ1) is 9.40. The SMILES string of the molecule is Cc1ccc(C(N)=S)c(=O)n1Cc1ccc(Cl)c(Cl)c1. The monoisotopic (exact) mass is 326 g/mol. The van der Waals surface area contributed by atoms with E-state index in [-0.39, 0.29) is 10.5 Å². The number of benzene rings is 1. The second kappa shape index (κ2) is 5.95. The van der Waals surface area contributed by atoms with E-state index >= 15 is 0 Å². The van der Waals surface area contributed by atoms with Gasteiger partial charge in [0.1, 0.15) is 4.99 Å². The first-order valence-electron chi connectivity index (χ1n) is 5.84. The van der Waals surface area contributed by atoms with E-state index in [4.69, 9.17) is 41.2 Å². The minimum absolute atomic E-state index is 0.0953. The highest BCUT2D eigenvalue weighted by molar-refractivity contribution is 7.80. The molecule has 2 N–H and O–H groups in total. The fourth-order valence-electron chi connectivity index (χ4n) is 1.88. The molecule has 0 fully saturated rings. The van der Waals surface area contributed by atoms with Crippen LogP contribution in [0.25, 0.3) is 0 Å². The van der Waals surface area contributed by atoms with Gasteiger partial charge in [0.25, 0.3) is 5.56 Å². The lowest BCUT2D eigenvalue weighted by molar-refractivity contribution is 0.728. The standard InChI is InChI=1S/C14H12Cl2N2OS/c1-8-2-4-10(13(17)20)14(19)18(8)7-9-3-5-11(15)12(16)6-9/h2-6H,7H2,1H3,(H2,17,20). The van der Waals surface area contributed by atoms with Crippen LogP contribution in [0.5, 0.6) is 0 Å². The summed E-state index contributed by atoms with van der Waals surface area (Å²) >= 11 is 16.7.